The minimum atomic E-state index is -0.466. The van der Waals surface area contributed by atoms with E-state index in [1.165, 1.54) is 66.8 Å². The summed E-state index contributed by atoms with van der Waals surface area (Å²) in [5.41, 5.74) is 24.1. The Labute approximate surface area is 387 Å². The van der Waals surface area contributed by atoms with Crippen LogP contribution in [0.15, 0.2) is 221 Å². The molecule has 67 heavy (non-hydrogen) atoms. The molecule has 0 atom stereocenters. The molecule has 0 saturated heterocycles. The molecule has 314 valence electrons. The first kappa shape index (κ1) is 36.9. The van der Waals surface area contributed by atoms with E-state index in [2.05, 4.69) is 231 Å². The van der Waals surface area contributed by atoms with Crippen molar-refractivity contribution < 1.29 is 8.83 Å². The van der Waals surface area contributed by atoms with E-state index < -0.39 is 5.41 Å². The fraction of sp³-hybridized carbons (Fsp3) is 0.0625. The van der Waals surface area contributed by atoms with E-state index >= 15 is 0 Å². The molecule has 15 rings (SSSR count). The van der Waals surface area contributed by atoms with Crippen LogP contribution in [0.2, 0.25) is 0 Å². The molecule has 3 heteroatoms. The summed E-state index contributed by atoms with van der Waals surface area (Å²) < 4.78 is 13.5. The van der Waals surface area contributed by atoms with E-state index in [4.69, 9.17) is 8.83 Å². The summed E-state index contributed by atoms with van der Waals surface area (Å²) in [6, 6.07) is 78.2. The van der Waals surface area contributed by atoms with Crippen LogP contribution in [0.4, 0.5) is 17.1 Å². The van der Waals surface area contributed by atoms with Crippen molar-refractivity contribution in [1.82, 2.24) is 0 Å². The van der Waals surface area contributed by atoms with Gasteiger partial charge in [0, 0.05) is 50.1 Å². The maximum absolute atomic E-state index is 6.94. The van der Waals surface area contributed by atoms with Crippen LogP contribution in [0.25, 0.3) is 88.4 Å². The van der Waals surface area contributed by atoms with Crippen molar-refractivity contribution >= 4 is 60.9 Å². The van der Waals surface area contributed by atoms with Crippen LogP contribution >= 0.6 is 0 Å². The van der Waals surface area contributed by atoms with E-state index in [1.54, 1.807) is 0 Å². The van der Waals surface area contributed by atoms with E-state index in [0.29, 0.717) is 0 Å². The van der Waals surface area contributed by atoms with Gasteiger partial charge in [-0.05, 0) is 132 Å². The van der Waals surface area contributed by atoms with Gasteiger partial charge < -0.3 is 13.7 Å². The van der Waals surface area contributed by atoms with Gasteiger partial charge in [0.25, 0.3) is 0 Å². The van der Waals surface area contributed by atoms with Gasteiger partial charge in [0.15, 0.2) is 0 Å². The predicted octanol–water partition coefficient (Wildman–Crippen LogP) is 17.3. The fourth-order valence-corrected chi connectivity index (χ4v) is 12.6. The van der Waals surface area contributed by atoms with Crippen LogP contribution in [0.3, 0.4) is 0 Å². The van der Waals surface area contributed by atoms with Gasteiger partial charge >= 0.3 is 0 Å². The number of benzene rings is 10. The predicted molar refractivity (Wildman–Crippen MR) is 275 cm³/mol. The minimum absolute atomic E-state index is 0.168. The monoisotopic (exact) mass is 855 g/mol. The second-order valence-electron chi connectivity index (χ2n) is 19.1. The molecule has 0 fully saturated rings. The second kappa shape index (κ2) is 13.1. The van der Waals surface area contributed by atoms with Crippen LogP contribution in [-0.2, 0) is 10.8 Å². The molecule has 3 nitrogen and oxygen atoms in total. The van der Waals surface area contributed by atoms with Gasteiger partial charge in [-0.1, -0.05) is 166 Å². The summed E-state index contributed by atoms with van der Waals surface area (Å²) in [6.07, 6.45) is 0. The van der Waals surface area contributed by atoms with Crippen molar-refractivity contribution in [3.05, 3.63) is 246 Å². The average molecular weight is 856 g/mol. The molecule has 0 unspecified atom stereocenters. The first-order chi connectivity index (χ1) is 33.0. The fourth-order valence-electron chi connectivity index (χ4n) is 12.6. The van der Waals surface area contributed by atoms with Crippen molar-refractivity contribution in [3.63, 3.8) is 0 Å². The van der Waals surface area contributed by atoms with Gasteiger partial charge in [-0.25, -0.2) is 0 Å². The van der Waals surface area contributed by atoms with Crippen molar-refractivity contribution in [2.24, 2.45) is 0 Å². The number of anilines is 3. The highest BCUT2D eigenvalue weighted by molar-refractivity contribution is 6.18. The molecule has 0 aliphatic heterocycles. The Hall–Kier alpha value is -8.40. The molecular formula is C64H41NO2. The normalized spacial score (nSPS) is 14.4. The Kier molecular flexibility index (Phi) is 7.22. The Morgan fingerprint density at radius 2 is 0.776 bits per heavy atom. The van der Waals surface area contributed by atoms with Gasteiger partial charge in [-0.15, -0.1) is 0 Å². The molecular weight excluding hydrogens is 815 g/mol. The lowest BCUT2D eigenvalue weighted by Crippen LogP contribution is -2.26. The van der Waals surface area contributed by atoms with Crippen LogP contribution in [0.1, 0.15) is 47.2 Å². The van der Waals surface area contributed by atoms with Crippen LogP contribution < -0.4 is 4.90 Å². The Morgan fingerprint density at radius 1 is 0.313 bits per heavy atom. The maximum Gasteiger partial charge on any atom is 0.137 e. The Morgan fingerprint density at radius 3 is 1.45 bits per heavy atom. The third kappa shape index (κ3) is 4.80. The lowest BCUT2D eigenvalue weighted by Gasteiger charge is -2.32. The number of furan rings is 2. The highest BCUT2D eigenvalue weighted by atomic mass is 16.3. The summed E-state index contributed by atoms with van der Waals surface area (Å²) in [7, 11) is 0. The topological polar surface area (TPSA) is 29.5 Å². The van der Waals surface area contributed by atoms with E-state index in [1.807, 2.05) is 0 Å². The van der Waals surface area contributed by atoms with Gasteiger partial charge in [0.1, 0.15) is 22.3 Å². The zero-order valence-electron chi connectivity index (χ0n) is 37.0. The Bertz CT molecular complexity index is 4030. The van der Waals surface area contributed by atoms with Crippen LogP contribution in [0, 0.1) is 0 Å². The summed E-state index contributed by atoms with van der Waals surface area (Å²) in [6.45, 7) is 4.72. The number of hydrogen-bond donors (Lipinski definition) is 0. The first-order valence-electron chi connectivity index (χ1n) is 23.3. The van der Waals surface area contributed by atoms with Crippen molar-refractivity contribution in [3.8, 4) is 44.5 Å². The summed E-state index contributed by atoms with van der Waals surface area (Å²) in [5.74, 6) is 0. The second-order valence-corrected chi connectivity index (χ2v) is 19.1. The maximum atomic E-state index is 6.94. The van der Waals surface area contributed by atoms with Crippen molar-refractivity contribution in [1.29, 1.82) is 0 Å². The van der Waals surface area contributed by atoms with E-state index in [-0.39, 0.29) is 5.41 Å². The number of fused-ring (bicyclic) bond motifs is 19. The molecule has 3 aliphatic carbocycles. The lowest BCUT2D eigenvalue weighted by atomic mass is 9.70. The summed E-state index contributed by atoms with van der Waals surface area (Å²) in [4.78, 5) is 2.45. The zero-order chi connectivity index (χ0) is 44.2. The molecule has 0 radical (unpaired) electrons. The van der Waals surface area contributed by atoms with Crippen LogP contribution in [-0.4, -0.2) is 0 Å². The van der Waals surface area contributed by atoms with Crippen LogP contribution in [0.5, 0.6) is 0 Å². The number of rotatable bonds is 4. The largest absolute Gasteiger partial charge is 0.456 e. The third-order valence-electron chi connectivity index (χ3n) is 15.5. The smallest absolute Gasteiger partial charge is 0.137 e. The van der Waals surface area contributed by atoms with Crippen molar-refractivity contribution in [2.45, 2.75) is 24.7 Å². The number of nitrogens with zero attached hydrogens (tertiary/aromatic N) is 1. The quantitative estimate of drug-likeness (QED) is 0.177. The molecule has 2 heterocycles. The lowest BCUT2D eigenvalue weighted by molar-refractivity contribution is 0.660. The van der Waals surface area contributed by atoms with E-state index in [0.717, 1.165) is 72.1 Å². The molecule has 3 aliphatic rings. The van der Waals surface area contributed by atoms with E-state index in [9.17, 15) is 0 Å². The molecule has 10 aromatic carbocycles. The Balaban J connectivity index is 0.957. The summed E-state index contributed by atoms with van der Waals surface area (Å²) >= 11 is 0. The third-order valence-corrected chi connectivity index (χ3v) is 15.5. The van der Waals surface area contributed by atoms with Gasteiger partial charge in [0.2, 0.25) is 0 Å². The highest BCUT2D eigenvalue weighted by Gasteiger charge is 2.51. The zero-order valence-corrected chi connectivity index (χ0v) is 37.0. The molecule has 0 amide bonds. The standard InChI is InChI=1S/C64H41NO2/c1-63(2)52-22-10-6-17-43(52)47-30-27-39(33-56(47)63)65(40-28-31-48-46-20-9-13-25-55(46)64(57(48)34-40)53-23-11-7-18-44(53)45-19-8-12-24-54(45)64)41-29-32-49-50-36-61-51(37-60(50)67-59(49)35-41)62-42(21-14-26-58(62)66-61)38-15-4-3-5-16-38/h3-37H,1-2H3. The SMILES string of the molecule is CC1(C)c2ccccc2-c2ccc(N(c3ccc4c(c3)C3(c5ccccc5-c5ccccc53)c3ccccc3-4)c3ccc4c(c3)oc3cc5c(cc34)oc3cccc(-c4ccccc4)c35)cc21. The first-order valence-corrected chi connectivity index (χ1v) is 23.3. The molecule has 2 aromatic heterocycles. The van der Waals surface area contributed by atoms with Gasteiger partial charge in [0.05, 0.1) is 5.41 Å². The molecule has 0 saturated carbocycles. The van der Waals surface area contributed by atoms with Gasteiger partial charge in [-0.2, -0.15) is 0 Å². The molecule has 1 spiro atoms. The molecule has 12 aromatic rings. The number of hydrogen-bond acceptors (Lipinski definition) is 3. The van der Waals surface area contributed by atoms with Gasteiger partial charge in [-0.3, -0.25) is 0 Å². The summed E-state index contributed by atoms with van der Waals surface area (Å²) in [5, 5.41) is 4.24. The minimum Gasteiger partial charge on any atom is -0.456 e. The van der Waals surface area contributed by atoms with Crippen molar-refractivity contribution in [2.75, 3.05) is 4.90 Å². The average Bonchev–Trinajstić information content (AvgIpc) is 4.14. The molecule has 0 bridgehead atoms. The molecule has 0 N–H and O–H groups in total. The highest BCUT2D eigenvalue weighted by Crippen LogP contribution is 2.63.